The predicted octanol–water partition coefficient (Wildman–Crippen LogP) is 1.89. The number of nitrogens with two attached hydrogens (primary N) is 1. The van der Waals surface area contributed by atoms with Crippen molar-refractivity contribution >= 4 is 28.2 Å². The largest absolute Gasteiger partial charge is 0.394 e. The zero-order chi connectivity index (χ0) is 17.6. The molecule has 1 aliphatic rings. The first kappa shape index (κ1) is 15.7. The molecule has 0 aliphatic carbocycles. The van der Waals surface area contributed by atoms with E-state index in [9.17, 15) is 0 Å². The third-order valence-corrected chi connectivity index (χ3v) is 4.96. The quantitative estimate of drug-likeness (QED) is 0.769. The van der Waals surface area contributed by atoms with Crippen LogP contribution in [0, 0.1) is 13.8 Å². The summed E-state index contributed by atoms with van der Waals surface area (Å²) in [7, 11) is 1.95. The molecule has 0 bridgehead atoms. The Balaban J connectivity index is 1.60. The molecule has 3 heterocycles. The first-order valence-corrected chi connectivity index (χ1v) is 8.55. The number of piperazine rings is 1. The van der Waals surface area contributed by atoms with E-state index in [-0.39, 0.29) is 0 Å². The number of hydrogen-bond acceptors (Lipinski definition) is 6. The molecule has 0 spiro atoms. The van der Waals surface area contributed by atoms with Crippen molar-refractivity contribution in [2.24, 2.45) is 7.05 Å². The first-order valence-electron chi connectivity index (χ1n) is 8.55. The summed E-state index contributed by atoms with van der Waals surface area (Å²) < 4.78 is 1.88. The normalized spacial score (nSPS) is 15.2. The highest BCUT2D eigenvalue weighted by Gasteiger charge is 2.24. The van der Waals surface area contributed by atoms with E-state index in [1.54, 1.807) is 6.33 Å². The number of aromatic nitrogens is 4. The number of nitrogen functional groups attached to an aromatic ring is 1. The van der Waals surface area contributed by atoms with Gasteiger partial charge >= 0.3 is 0 Å². The standard InChI is InChI=1S/C18H23N7/c1-12-5-4-6-14-16(12)20-11-21-17(14)24-7-9-25(10-8-24)18-15(19)13(2)22-23(18)3/h4-6,11H,7-10,19H2,1-3H3. The molecular formula is C18H23N7. The lowest BCUT2D eigenvalue weighted by Crippen LogP contribution is -2.47. The summed E-state index contributed by atoms with van der Waals surface area (Å²) >= 11 is 0. The second-order valence-corrected chi connectivity index (χ2v) is 6.59. The van der Waals surface area contributed by atoms with Crippen LogP contribution in [0.25, 0.3) is 10.9 Å². The van der Waals surface area contributed by atoms with Crippen molar-refractivity contribution in [2.45, 2.75) is 13.8 Å². The van der Waals surface area contributed by atoms with Crippen molar-refractivity contribution in [3.05, 3.63) is 35.8 Å². The molecule has 1 aromatic carbocycles. The van der Waals surface area contributed by atoms with Gasteiger partial charge in [0.2, 0.25) is 0 Å². The summed E-state index contributed by atoms with van der Waals surface area (Å²) in [6.45, 7) is 7.60. The van der Waals surface area contributed by atoms with Crippen LogP contribution in [0.15, 0.2) is 24.5 Å². The van der Waals surface area contributed by atoms with Gasteiger partial charge in [-0.25, -0.2) is 9.97 Å². The number of para-hydroxylation sites is 1. The Morgan fingerprint density at radius 2 is 1.72 bits per heavy atom. The zero-order valence-electron chi connectivity index (χ0n) is 14.9. The molecule has 1 fully saturated rings. The van der Waals surface area contributed by atoms with Crippen LogP contribution < -0.4 is 15.5 Å². The van der Waals surface area contributed by atoms with Crippen molar-refractivity contribution in [1.29, 1.82) is 0 Å². The summed E-state index contributed by atoms with van der Waals surface area (Å²) in [5.74, 6) is 2.03. The van der Waals surface area contributed by atoms with Crippen LogP contribution in [-0.2, 0) is 7.05 Å². The molecule has 4 rings (SSSR count). The van der Waals surface area contributed by atoms with Crippen LogP contribution >= 0.6 is 0 Å². The Hall–Kier alpha value is -2.83. The molecule has 0 saturated carbocycles. The number of fused-ring (bicyclic) bond motifs is 1. The topological polar surface area (TPSA) is 76.1 Å². The summed E-state index contributed by atoms with van der Waals surface area (Å²) in [6.07, 6.45) is 1.67. The number of rotatable bonds is 2. The van der Waals surface area contributed by atoms with Crippen LogP contribution in [0.3, 0.4) is 0 Å². The average molecular weight is 337 g/mol. The Kier molecular flexibility index (Phi) is 3.71. The highest BCUT2D eigenvalue weighted by Crippen LogP contribution is 2.29. The first-order chi connectivity index (χ1) is 12.1. The van der Waals surface area contributed by atoms with Crippen molar-refractivity contribution in [3.63, 3.8) is 0 Å². The number of nitrogens with zero attached hydrogens (tertiary/aromatic N) is 6. The Bertz CT molecular complexity index is 923. The Labute approximate surface area is 147 Å². The maximum atomic E-state index is 6.21. The van der Waals surface area contributed by atoms with Gasteiger partial charge in [0.15, 0.2) is 5.82 Å². The van der Waals surface area contributed by atoms with Crippen LogP contribution in [0.1, 0.15) is 11.3 Å². The monoisotopic (exact) mass is 337 g/mol. The van der Waals surface area contributed by atoms with Gasteiger partial charge in [-0.3, -0.25) is 4.68 Å². The smallest absolute Gasteiger partial charge is 0.150 e. The van der Waals surface area contributed by atoms with E-state index >= 15 is 0 Å². The predicted molar refractivity (Wildman–Crippen MR) is 101 cm³/mol. The molecule has 7 nitrogen and oxygen atoms in total. The van der Waals surface area contributed by atoms with E-state index < -0.39 is 0 Å². The number of hydrogen-bond donors (Lipinski definition) is 1. The highest BCUT2D eigenvalue weighted by molar-refractivity contribution is 5.91. The SMILES string of the molecule is Cc1nn(C)c(N2CCN(c3ncnc4c(C)cccc34)CC2)c1N. The molecule has 1 saturated heterocycles. The minimum absolute atomic E-state index is 0.777. The van der Waals surface area contributed by atoms with Crippen molar-refractivity contribution in [3.8, 4) is 0 Å². The second-order valence-electron chi connectivity index (χ2n) is 6.59. The zero-order valence-corrected chi connectivity index (χ0v) is 14.9. The molecule has 0 radical (unpaired) electrons. The van der Waals surface area contributed by atoms with Crippen molar-refractivity contribution < 1.29 is 0 Å². The van der Waals surface area contributed by atoms with Crippen molar-refractivity contribution in [1.82, 2.24) is 19.7 Å². The number of benzene rings is 1. The van der Waals surface area contributed by atoms with Gasteiger partial charge in [0.05, 0.1) is 16.9 Å². The molecule has 0 amide bonds. The van der Waals surface area contributed by atoms with Gasteiger partial charge in [-0.05, 0) is 25.5 Å². The molecule has 7 heteroatoms. The fourth-order valence-corrected chi connectivity index (χ4v) is 3.64. The summed E-state index contributed by atoms with van der Waals surface area (Å²) in [5, 5.41) is 5.55. The Morgan fingerprint density at radius 3 is 2.40 bits per heavy atom. The van der Waals surface area contributed by atoms with Gasteiger partial charge in [-0.1, -0.05) is 12.1 Å². The molecule has 0 unspecified atom stereocenters. The molecule has 2 N–H and O–H groups in total. The van der Waals surface area contributed by atoms with Gasteiger partial charge in [0.1, 0.15) is 12.1 Å². The minimum atomic E-state index is 0.777. The van der Waals surface area contributed by atoms with Crippen LogP contribution in [0.4, 0.5) is 17.3 Å². The van der Waals surface area contributed by atoms with Crippen LogP contribution in [-0.4, -0.2) is 45.9 Å². The fourth-order valence-electron chi connectivity index (χ4n) is 3.64. The second kappa shape index (κ2) is 5.91. The lowest BCUT2D eigenvalue weighted by Gasteiger charge is -2.37. The fraction of sp³-hybridized carbons (Fsp3) is 0.389. The summed E-state index contributed by atoms with van der Waals surface area (Å²) in [4.78, 5) is 13.6. The summed E-state index contributed by atoms with van der Waals surface area (Å²) in [6, 6.07) is 6.26. The lowest BCUT2D eigenvalue weighted by atomic mass is 10.1. The van der Waals surface area contributed by atoms with Crippen LogP contribution in [0.5, 0.6) is 0 Å². The van der Waals surface area contributed by atoms with E-state index in [4.69, 9.17) is 5.73 Å². The Morgan fingerprint density at radius 1 is 1.00 bits per heavy atom. The minimum Gasteiger partial charge on any atom is -0.394 e. The molecule has 0 atom stereocenters. The van der Waals surface area contributed by atoms with E-state index in [2.05, 4.69) is 50.0 Å². The van der Waals surface area contributed by atoms with Gasteiger partial charge in [-0.2, -0.15) is 5.10 Å². The highest BCUT2D eigenvalue weighted by atomic mass is 15.4. The van der Waals surface area contributed by atoms with Gasteiger partial charge in [-0.15, -0.1) is 0 Å². The third-order valence-electron chi connectivity index (χ3n) is 4.96. The molecule has 3 aromatic rings. The van der Waals surface area contributed by atoms with E-state index in [0.29, 0.717) is 0 Å². The van der Waals surface area contributed by atoms with E-state index in [1.165, 1.54) is 5.56 Å². The van der Waals surface area contributed by atoms with Gasteiger partial charge in [0, 0.05) is 38.6 Å². The molecule has 1 aliphatic heterocycles. The third kappa shape index (κ3) is 2.56. The molecule has 130 valence electrons. The van der Waals surface area contributed by atoms with E-state index in [1.807, 2.05) is 18.7 Å². The lowest BCUT2D eigenvalue weighted by molar-refractivity contribution is 0.621. The molecule has 25 heavy (non-hydrogen) atoms. The molecular weight excluding hydrogens is 314 g/mol. The maximum Gasteiger partial charge on any atom is 0.150 e. The summed E-state index contributed by atoms with van der Waals surface area (Å²) in [5.41, 5.74) is 10.1. The van der Waals surface area contributed by atoms with Gasteiger partial charge in [0.25, 0.3) is 0 Å². The number of anilines is 3. The molecule has 2 aromatic heterocycles. The van der Waals surface area contributed by atoms with Crippen LogP contribution in [0.2, 0.25) is 0 Å². The van der Waals surface area contributed by atoms with Gasteiger partial charge < -0.3 is 15.5 Å². The van der Waals surface area contributed by atoms with E-state index in [0.717, 1.165) is 60.1 Å². The maximum absolute atomic E-state index is 6.21. The van der Waals surface area contributed by atoms with Crippen molar-refractivity contribution in [2.75, 3.05) is 41.7 Å². The number of aryl methyl sites for hydroxylation is 3. The average Bonchev–Trinajstić information content (AvgIpc) is 2.87.